The Balaban J connectivity index is 1.53. The van der Waals surface area contributed by atoms with Crippen molar-refractivity contribution in [2.45, 2.75) is 13.8 Å². The second kappa shape index (κ2) is 9.40. The van der Waals surface area contributed by atoms with Gasteiger partial charge in [0.2, 0.25) is 11.2 Å². The van der Waals surface area contributed by atoms with Crippen molar-refractivity contribution >= 4 is 22.9 Å². The van der Waals surface area contributed by atoms with Crippen molar-refractivity contribution in [3.8, 4) is 17.2 Å². The Hall–Kier alpha value is -4.39. The third-order valence-electron chi connectivity index (χ3n) is 4.88. The van der Waals surface area contributed by atoms with Gasteiger partial charge in [0.1, 0.15) is 23.3 Å². The van der Waals surface area contributed by atoms with Crippen LogP contribution in [0.4, 0.5) is 0 Å². The summed E-state index contributed by atoms with van der Waals surface area (Å²) in [5.74, 6) is -0.342. The van der Waals surface area contributed by atoms with Crippen molar-refractivity contribution in [1.29, 1.82) is 0 Å². The molecule has 0 bridgehead atoms. The topological polar surface area (TPSA) is 92.0 Å². The predicted octanol–water partition coefficient (Wildman–Crippen LogP) is 5.29. The number of hydrogen-bond donors (Lipinski definition) is 0. The molecular formula is C26H20O7. The van der Waals surface area contributed by atoms with Crippen molar-refractivity contribution in [3.05, 3.63) is 99.9 Å². The highest BCUT2D eigenvalue weighted by Crippen LogP contribution is 2.25. The lowest BCUT2D eigenvalue weighted by Gasteiger charge is -2.08. The Labute approximate surface area is 189 Å². The molecule has 0 saturated carbocycles. The zero-order chi connectivity index (χ0) is 23.4. The van der Waals surface area contributed by atoms with Gasteiger partial charge in [-0.1, -0.05) is 18.2 Å². The summed E-state index contributed by atoms with van der Waals surface area (Å²) in [7, 11) is 0. The molecule has 0 N–H and O–H groups in total. The van der Waals surface area contributed by atoms with Gasteiger partial charge in [-0.15, -0.1) is 0 Å². The highest BCUT2D eigenvalue weighted by Gasteiger charge is 2.14. The number of rotatable bonds is 6. The van der Waals surface area contributed by atoms with Crippen molar-refractivity contribution in [2.75, 3.05) is 6.61 Å². The maximum Gasteiger partial charge on any atom is 0.343 e. The first-order valence-electron chi connectivity index (χ1n) is 10.2. The van der Waals surface area contributed by atoms with Crippen LogP contribution in [0, 0.1) is 6.92 Å². The van der Waals surface area contributed by atoms with E-state index in [-0.39, 0.29) is 34.5 Å². The van der Waals surface area contributed by atoms with Crippen LogP contribution >= 0.6 is 0 Å². The molecule has 0 spiro atoms. The van der Waals surface area contributed by atoms with Crippen LogP contribution in [0.2, 0.25) is 0 Å². The molecule has 0 amide bonds. The van der Waals surface area contributed by atoms with Crippen LogP contribution in [0.5, 0.6) is 17.2 Å². The maximum atomic E-state index is 12.8. The third-order valence-corrected chi connectivity index (χ3v) is 4.88. The second-order valence-corrected chi connectivity index (χ2v) is 7.14. The highest BCUT2D eigenvalue weighted by molar-refractivity contribution is 5.93. The van der Waals surface area contributed by atoms with Gasteiger partial charge in [0.25, 0.3) is 0 Å². The van der Waals surface area contributed by atoms with Gasteiger partial charge in [0, 0.05) is 6.07 Å². The van der Waals surface area contributed by atoms with Gasteiger partial charge in [-0.25, -0.2) is 9.59 Å². The summed E-state index contributed by atoms with van der Waals surface area (Å²) in [4.78, 5) is 37.0. The molecule has 1 heterocycles. The van der Waals surface area contributed by atoms with E-state index in [9.17, 15) is 14.4 Å². The van der Waals surface area contributed by atoms with Crippen LogP contribution in [-0.2, 0) is 4.74 Å². The molecule has 0 aliphatic rings. The fourth-order valence-corrected chi connectivity index (χ4v) is 3.19. The van der Waals surface area contributed by atoms with Crippen LogP contribution in [-0.4, -0.2) is 18.5 Å². The maximum absolute atomic E-state index is 12.8. The molecular weight excluding hydrogens is 424 g/mol. The highest BCUT2D eigenvalue weighted by atomic mass is 16.5. The molecule has 166 valence electrons. The average Bonchev–Trinajstić information content (AvgIpc) is 2.82. The predicted molar refractivity (Wildman–Crippen MR) is 121 cm³/mol. The molecule has 0 aliphatic heterocycles. The molecule has 0 saturated heterocycles. The van der Waals surface area contributed by atoms with E-state index in [1.807, 2.05) is 19.1 Å². The minimum Gasteiger partial charge on any atom is -0.462 e. The van der Waals surface area contributed by atoms with Gasteiger partial charge < -0.3 is 18.6 Å². The van der Waals surface area contributed by atoms with Crippen molar-refractivity contribution in [3.63, 3.8) is 0 Å². The molecule has 7 heteroatoms. The number of aryl methyl sites for hydroxylation is 1. The molecule has 0 atom stereocenters. The van der Waals surface area contributed by atoms with Crippen molar-refractivity contribution in [2.24, 2.45) is 0 Å². The van der Waals surface area contributed by atoms with Crippen LogP contribution in [0.15, 0.2) is 82.2 Å². The molecule has 0 aliphatic carbocycles. The van der Waals surface area contributed by atoms with Gasteiger partial charge in [-0.2, -0.15) is 0 Å². The zero-order valence-corrected chi connectivity index (χ0v) is 18.0. The molecule has 0 unspecified atom stereocenters. The molecule has 4 aromatic rings. The first-order chi connectivity index (χ1) is 16.0. The van der Waals surface area contributed by atoms with Crippen molar-refractivity contribution in [1.82, 2.24) is 0 Å². The quantitative estimate of drug-likeness (QED) is 0.295. The average molecular weight is 444 g/mol. The summed E-state index contributed by atoms with van der Waals surface area (Å²) in [6, 6.07) is 17.8. The first-order valence-corrected chi connectivity index (χ1v) is 10.2. The Morgan fingerprint density at radius 2 is 1.64 bits per heavy atom. The molecule has 1 aromatic heterocycles. The number of benzene rings is 3. The van der Waals surface area contributed by atoms with E-state index in [0.717, 1.165) is 5.56 Å². The smallest absolute Gasteiger partial charge is 0.343 e. The monoisotopic (exact) mass is 444 g/mol. The summed E-state index contributed by atoms with van der Waals surface area (Å²) in [6.07, 6.45) is 1.19. The van der Waals surface area contributed by atoms with E-state index in [1.165, 1.54) is 24.5 Å². The minimum atomic E-state index is -0.499. The summed E-state index contributed by atoms with van der Waals surface area (Å²) < 4.78 is 21.6. The summed E-state index contributed by atoms with van der Waals surface area (Å²) in [6.45, 7) is 3.83. The Morgan fingerprint density at radius 3 is 2.36 bits per heavy atom. The number of carbonyl (C=O) groups is 2. The lowest BCUT2D eigenvalue weighted by molar-refractivity contribution is 0.0526. The minimum absolute atomic E-state index is 0.0176. The van der Waals surface area contributed by atoms with E-state index in [0.29, 0.717) is 16.9 Å². The van der Waals surface area contributed by atoms with E-state index in [4.69, 9.17) is 18.6 Å². The third kappa shape index (κ3) is 4.77. The summed E-state index contributed by atoms with van der Waals surface area (Å²) in [5, 5.41) is 0.270. The normalized spacial score (nSPS) is 10.6. The summed E-state index contributed by atoms with van der Waals surface area (Å²) >= 11 is 0. The van der Waals surface area contributed by atoms with Crippen LogP contribution in [0.25, 0.3) is 11.0 Å². The van der Waals surface area contributed by atoms with Gasteiger partial charge in [0.15, 0.2) is 0 Å². The van der Waals surface area contributed by atoms with Gasteiger partial charge in [-0.05, 0) is 61.9 Å². The van der Waals surface area contributed by atoms with Gasteiger partial charge in [-0.3, -0.25) is 4.79 Å². The number of fused-ring (bicyclic) bond motifs is 1. The van der Waals surface area contributed by atoms with Crippen LogP contribution in [0.1, 0.15) is 33.2 Å². The Morgan fingerprint density at radius 1 is 0.909 bits per heavy atom. The molecule has 7 nitrogen and oxygen atoms in total. The first kappa shape index (κ1) is 21.8. The van der Waals surface area contributed by atoms with E-state index in [2.05, 4.69) is 0 Å². The number of ether oxygens (including phenoxy) is 3. The fourth-order valence-electron chi connectivity index (χ4n) is 3.19. The number of esters is 2. The van der Waals surface area contributed by atoms with Crippen molar-refractivity contribution < 1.29 is 28.2 Å². The number of hydrogen-bond acceptors (Lipinski definition) is 7. The van der Waals surface area contributed by atoms with Crippen LogP contribution in [0.3, 0.4) is 0 Å². The largest absolute Gasteiger partial charge is 0.462 e. The molecule has 33 heavy (non-hydrogen) atoms. The van der Waals surface area contributed by atoms with Gasteiger partial charge in [0.05, 0.1) is 23.1 Å². The molecule has 0 radical (unpaired) electrons. The lowest BCUT2D eigenvalue weighted by atomic mass is 10.1. The second-order valence-electron chi connectivity index (χ2n) is 7.14. The van der Waals surface area contributed by atoms with E-state index < -0.39 is 11.9 Å². The van der Waals surface area contributed by atoms with Gasteiger partial charge >= 0.3 is 11.9 Å². The summed E-state index contributed by atoms with van der Waals surface area (Å²) in [5.41, 5.74) is 1.49. The standard InChI is InChI=1S/C26H20O7/c1-3-30-25(28)17-8-10-18(11-9-17)32-23-15-31-22-14-19(12-13-21(22)24(23)27)33-26(29)20-7-5-4-6-16(20)2/h4-15H,3H2,1-2H3. The van der Waals surface area contributed by atoms with E-state index >= 15 is 0 Å². The lowest BCUT2D eigenvalue weighted by Crippen LogP contribution is -2.10. The molecule has 3 aromatic carbocycles. The molecule has 4 rings (SSSR count). The van der Waals surface area contributed by atoms with E-state index in [1.54, 1.807) is 43.3 Å². The Kier molecular flexibility index (Phi) is 6.22. The fraction of sp³-hybridized carbons (Fsp3) is 0.115. The zero-order valence-electron chi connectivity index (χ0n) is 18.0. The Bertz CT molecular complexity index is 1380. The molecule has 0 fully saturated rings. The van der Waals surface area contributed by atoms with Crippen LogP contribution < -0.4 is 14.9 Å². The number of carbonyl (C=O) groups excluding carboxylic acids is 2. The SMILES string of the molecule is CCOC(=O)c1ccc(Oc2coc3cc(OC(=O)c4ccccc4C)ccc3c2=O)cc1.